The summed E-state index contributed by atoms with van der Waals surface area (Å²) < 4.78 is 0. The Balaban J connectivity index is 1.98. The SMILES string of the molecule is CC1CC(C(=O)NC(C)(C)c2nccs2)CCN1. The van der Waals surface area contributed by atoms with Crippen molar-refractivity contribution >= 4 is 17.2 Å². The van der Waals surface area contributed by atoms with Crippen LogP contribution in [0.5, 0.6) is 0 Å². The van der Waals surface area contributed by atoms with Gasteiger partial charge >= 0.3 is 0 Å². The summed E-state index contributed by atoms with van der Waals surface area (Å²) in [7, 11) is 0. The molecule has 1 aromatic heterocycles. The Bertz CT molecular complexity index is 402. The van der Waals surface area contributed by atoms with Gasteiger partial charge in [-0.15, -0.1) is 11.3 Å². The van der Waals surface area contributed by atoms with Crippen LogP contribution >= 0.6 is 11.3 Å². The van der Waals surface area contributed by atoms with E-state index in [4.69, 9.17) is 0 Å². The fourth-order valence-corrected chi connectivity index (χ4v) is 3.08. The third kappa shape index (κ3) is 3.09. The Morgan fingerprint density at radius 3 is 3.00 bits per heavy atom. The number of nitrogens with zero attached hydrogens (tertiary/aromatic N) is 1. The highest BCUT2D eigenvalue weighted by molar-refractivity contribution is 7.09. The predicted molar refractivity (Wildman–Crippen MR) is 73.5 cm³/mol. The number of thiazole rings is 1. The fraction of sp³-hybridized carbons (Fsp3) is 0.692. The summed E-state index contributed by atoms with van der Waals surface area (Å²) in [6, 6.07) is 0.428. The molecule has 1 amide bonds. The minimum Gasteiger partial charge on any atom is -0.344 e. The minimum atomic E-state index is -0.376. The van der Waals surface area contributed by atoms with Gasteiger partial charge in [-0.05, 0) is 40.2 Å². The summed E-state index contributed by atoms with van der Waals surface area (Å²) in [4.78, 5) is 16.6. The number of piperidine rings is 1. The van der Waals surface area contributed by atoms with Crippen molar-refractivity contribution in [2.75, 3.05) is 6.54 Å². The Morgan fingerprint density at radius 1 is 1.61 bits per heavy atom. The molecule has 2 heterocycles. The Labute approximate surface area is 112 Å². The van der Waals surface area contributed by atoms with Crippen LogP contribution in [0.25, 0.3) is 0 Å². The molecule has 2 atom stereocenters. The first-order valence-corrected chi connectivity index (χ1v) is 7.32. The van der Waals surface area contributed by atoms with Crippen LogP contribution in [0.3, 0.4) is 0 Å². The van der Waals surface area contributed by atoms with Gasteiger partial charge in [0.15, 0.2) is 0 Å². The van der Waals surface area contributed by atoms with Gasteiger partial charge in [-0.25, -0.2) is 4.98 Å². The first kappa shape index (κ1) is 13.5. The number of hydrogen-bond acceptors (Lipinski definition) is 4. The molecule has 0 aromatic carbocycles. The van der Waals surface area contributed by atoms with Gasteiger partial charge in [0.1, 0.15) is 5.01 Å². The summed E-state index contributed by atoms with van der Waals surface area (Å²) in [5.74, 6) is 0.282. The molecular weight excluding hydrogens is 246 g/mol. The summed E-state index contributed by atoms with van der Waals surface area (Å²) >= 11 is 1.58. The molecule has 1 aliphatic rings. The van der Waals surface area contributed by atoms with Crippen LogP contribution in [0.2, 0.25) is 0 Å². The zero-order valence-corrected chi connectivity index (χ0v) is 12.0. The molecule has 0 spiro atoms. The van der Waals surface area contributed by atoms with Crippen LogP contribution in [0, 0.1) is 5.92 Å². The van der Waals surface area contributed by atoms with Crippen LogP contribution in [-0.2, 0) is 10.3 Å². The first-order valence-electron chi connectivity index (χ1n) is 6.44. The van der Waals surface area contributed by atoms with Crippen molar-refractivity contribution in [3.05, 3.63) is 16.6 Å². The molecule has 0 radical (unpaired) electrons. The molecule has 1 saturated heterocycles. The number of carbonyl (C=O) groups is 1. The van der Waals surface area contributed by atoms with E-state index in [-0.39, 0.29) is 17.4 Å². The van der Waals surface area contributed by atoms with E-state index in [2.05, 4.69) is 22.5 Å². The molecule has 2 rings (SSSR count). The van der Waals surface area contributed by atoms with Gasteiger partial charge in [0.05, 0.1) is 5.54 Å². The minimum absolute atomic E-state index is 0.125. The van der Waals surface area contributed by atoms with Gasteiger partial charge < -0.3 is 10.6 Å². The van der Waals surface area contributed by atoms with Gasteiger partial charge in [-0.3, -0.25) is 4.79 Å². The maximum absolute atomic E-state index is 12.3. The molecule has 2 N–H and O–H groups in total. The lowest BCUT2D eigenvalue weighted by molar-refractivity contribution is -0.127. The smallest absolute Gasteiger partial charge is 0.223 e. The molecule has 5 heteroatoms. The number of nitrogens with one attached hydrogen (secondary N) is 2. The van der Waals surface area contributed by atoms with Crippen molar-refractivity contribution in [2.24, 2.45) is 5.92 Å². The summed E-state index contributed by atoms with van der Waals surface area (Å²) in [6.07, 6.45) is 3.62. The Hall–Kier alpha value is -0.940. The van der Waals surface area contributed by atoms with Gasteiger partial charge in [-0.2, -0.15) is 0 Å². The van der Waals surface area contributed by atoms with E-state index in [0.29, 0.717) is 6.04 Å². The first-order chi connectivity index (χ1) is 8.49. The molecule has 100 valence electrons. The molecule has 0 bridgehead atoms. The van der Waals surface area contributed by atoms with Gasteiger partial charge in [0, 0.05) is 23.5 Å². The lowest BCUT2D eigenvalue weighted by Crippen LogP contribution is -2.48. The zero-order chi connectivity index (χ0) is 13.2. The van der Waals surface area contributed by atoms with Crippen LogP contribution < -0.4 is 10.6 Å². The molecule has 2 unspecified atom stereocenters. The van der Waals surface area contributed by atoms with E-state index >= 15 is 0 Å². The molecular formula is C13H21N3OS. The number of hydrogen-bond donors (Lipinski definition) is 2. The lowest BCUT2D eigenvalue weighted by atomic mass is 9.91. The van der Waals surface area contributed by atoms with Crippen LogP contribution in [0.15, 0.2) is 11.6 Å². The average molecular weight is 267 g/mol. The summed E-state index contributed by atoms with van der Waals surface area (Å²) in [5.41, 5.74) is -0.376. The number of carbonyl (C=O) groups excluding carboxylic acids is 1. The normalized spacial score (nSPS) is 24.8. The second-order valence-electron chi connectivity index (χ2n) is 5.53. The Kier molecular flexibility index (Phi) is 4.02. The van der Waals surface area contributed by atoms with E-state index in [9.17, 15) is 4.79 Å². The van der Waals surface area contributed by atoms with E-state index < -0.39 is 0 Å². The van der Waals surface area contributed by atoms with Gasteiger partial charge in [-0.1, -0.05) is 0 Å². The molecule has 4 nitrogen and oxygen atoms in total. The molecule has 1 aliphatic heterocycles. The van der Waals surface area contributed by atoms with Crippen LogP contribution in [0.1, 0.15) is 38.6 Å². The lowest BCUT2D eigenvalue weighted by Gasteiger charge is -2.31. The third-order valence-corrected chi connectivity index (χ3v) is 4.49. The molecule has 1 aromatic rings. The second-order valence-corrected chi connectivity index (χ2v) is 6.42. The van der Waals surface area contributed by atoms with Crippen molar-refractivity contribution in [1.82, 2.24) is 15.6 Å². The Morgan fingerprint density at radius 2 is 2.39 bits per heavy atom. The van der Waals surface area contributed by atoms with Crippen molar-refractivity contribution in [3.8, 4) is 0 Å². The maximum Gasteiger partial charge on any atom is 0.223 e. The topological polar surface area (TPSA) is 54.0 Å². The highest BCUT2D eigenvalue weighted by Gasteiger charge is 2.31. The molecule has 0 saturated carbocycles. The van der Waals surface area contributed by atoms with Crippen LogP contribution in [-0.4, -0.2) is 23.5 Å². The van der Waals surface area contributed by atoms with Crippen molar-refractivity contribution in [1.29, 1.82) is 0 Å². The van der Waals surface area contributed by atoms with Crippen molar-refractivity contribution < 1.29 is 4.79 Å². The highest BCUT2D eigenvalue weighted by Crippen LogP contribution is 2.24. The van der Waals surface area contributed by atoms with E-state index in [1.165, 1.54) is 0 Å². The molecule has 0 aliphatic carbocycles. The molecule has 18 heavy (non-hydrogen) atoms. The monoisotopic (exact) mass is 267 g/mol. The zero-order valence-electron chi connectivity index (χ0n) is 11.2. The predicted octanol–water partition coefficient (Wildman–Crippen LogP) is 1.88. The van der Waals surface area contributed by atoms with Gasteiger partial charge in [0.2, 0.25) is 5.91 Å². The maximum atomic E-state index is 12.3. The number of aromatic nitrogens is 1. The number of amides is 1. The summed E-state index contributed by atoms with van der Waals surface area (Å²) in [5, 5.41) is 9.39. The summed E-state index contributed by atoms with van der Waals surface area (Å²) in [6.45, 7) is 7.07. The average Bonchev–Trinajstić information content (AvgIpc) is 2.82. The van der Waals surface area contributed by atoms with Crippen molar-refractivity contribution in [2.45, 2.75) is 45.2 Å². The van der Waals surface area contributed by atoms with Crippen molar-refractivity contribution in [3.63, 3.8) is 0 Å². The van der Waals surface area contributed by atoms with E-state index in [1.807, 2.05) is 19.2 Å². The standard InChI is InChI=1S/C13H21N3OS/c1-9-8-10(4-5-14-9)11(17)16-13(2,3)12-15-6-7-18-12/h6-7,9-10,14H,4-5,8H2,1-3H3,(H,16,17). The number of rotatable bonds is 3. The fourth-order valence-electron chi connectivity index (χ4n) is 2.37. The quantitative estimate of drug-likeness (QED) is 0.879. The largest absolute Gasteiger partial charge is 0.344 e. The van der Waals surface area contributed by atoms with E-state index in [0.717, 1.165) is 24.4 Å². The molecule has 1 fully saturated rings. The highest BCUT2D eigenvalue weighted by atomic mass is 32.1. The van der Waals surface area contributed by atoms with Gasteiger partial charge in [0.25, 0.3) is 0 Å². The third-order valence-electron chi connectivity index (χ3n) is 3.40. The van der Waals surface area contributed by atoms with E-state index in [1.54, 1.807) is 17.5 Å². The van der Waals surface area contributed by atoms with Crippen LogP contribution in [0.4, 0.5) is 0 Å². The second kappa shape index (κ2) is 5.36.